The van der Waals surface area contributed by atoms with E-state index in [1.807, 2.05) is 6.92 Å². The van der Waals surface area contributed by atoms with Crippen molar-refractivity contribution in [1.29, 1.82) is 0 Å². The zero-order valence-electron chi connectivity index (χ0n) is 11.0. The van der Waals surface area contributed by atoms with Crippen molar-refractivity contribution in [2.75, 3.05) is 19.6 Å². The Morgan fingerprint density at radius 3 is 3.05 bits per heavy atom. The van der Waals surface area contributed by atoms with Gasteiger partial charge in [-0.3, -0.25) is 9.59 Å². The SMILES string of the molecule is Cc1ccnc2nc(C(=O)N3CCNC(=O)CC3)nn12. The number of aryl methyl sites for hydroxylation is 1. The van der Waals surface area contributed by atoms with Crippen LogP contribution in [-0.2, 0) is 4.79 Å². The summed E-state index contributed by atoms with van der Waals surface area (Å²) in [6, 6.07) is 1.80. The first-order valence-corrected chi connectivity index (χ1v) is 6.39. The smallest absolute Gasteiger partial charge is 0.293 e. The van der Waals surface area contributed by atoms with Gasteiger partial charge in [0.1, 0.15) is 0 Å². The minimum absolute atomic E-state index is 0.0410. The van der Waals surface area contributed by atoms with Crippen molar-refractivity contribution in [1.82, 2.24) is 29.8 Å². The zero-order chi connectivity index (χ0) is 14.1. The molecule has 3 rings (SSSR count). The number of carbonyl (C=O) groups excluding carboxylic acids is 2. The molecule has 8 nitrogen and oxygen atoms in total. The maximum Gasteiger partial charge on any atom is 0.293 e. The summed E-state index contributed by atoms with van der Waals surface area (Å²) in [6.07, 6.45) is 1.93. The van der Waals surface area contributed by atoms with Gasteiger partial charge >= 0.3 is 0 Å². The second kappa shape index (κ2) is 4.87. The van der Waals surface area contributed by atoms with Gasteiger partial charge < -0.3 is 10.2 Å². The van der Waals surface area contributed by atoms with Gasteiger partial charge in [-0.05, 0) is 13.0 Å². The molecule has 1 saturated heterocycles. The van der Waals surface area contributed by atoms with Crippen LogP contribution in [0.2, 0.25) is 0 Å². The number of carbonyl (C=O) groups is 2. The van der Waals surface area contributed by atoms with Gasteiger partial charge in [-0.15, -0.1) is 5.10 Å². The van der Waals surface area contributed by atoms with Gasteiger partial charge in [-0.25, -0.2) is 9.50 Å². The van der Waals surface area contributed by atoms with E-state index in [1.54, 1.807) is 17.2 Å². The first-order valence-electron chi connectivity index (χ1n) is 6.39. The van der Waals surface area contributed by atoms with Crippen LogP contribution in [0.3, 0.4) is 0 Å². The molecule has 0 aromatic carbocycles. The summed E-state index contributed by atoms with van der Waals surface area (Å²) < 4.78 is 1.54. The number of nitrogens with zero attached hydrogens (tertiary/aromatic N) is 5. The standard InChI is InChI=1S/C12H14N6O2/c1-8-2-4-14-12-15-10(16-18(8)12)11(20)17-6-3-9(19)13-5-7-17/h2,4H,3,5-7H2,1H3,(H,13,19). The van der Waals surface area contributed by atoms with E-state index in [4.69, 9.17) is 0 Å². The fourth-order valence-electron chi connectivity index (χ4n) is 2.11. The highest BCUT2D eigenvalue weighted by molar-refractivity contribution is 5.91. The summed E-state index contributed by atoms with van der Waals surface area (Å²) in [6.45, 7) is 3.17. The van der Waals surface area contributed by atoms with Crippen molar-refractivity contribution in [2.24, 2.45) is 0 Å². The lowest BCUT2D eigenvalue weighted by molar-refractivity contribution is -0.120. The third-order valence-corrected chi connectivity index (χ3v) is 3.22. The van der Waals surface area contributed by atoms with Crippen LogP contribution in [0.1, 0.15) is 22.7 Å². The molecule has 1 fully saturated rings. The predicted molar refractivity (Wildman–Crippen MR) is 69.0 cm³/mol. The molecule has 104 valence electrons. The molecule has 2 aromatic heterocycles. The van der Waals surface area contributed by atoms with E-state index in [-0.39, 0.29) is 17.6 Å². The molecule has 8 heteroatoms. The van der Waals surface area contributed by atoms with E-state index < -0.39 is 0 Å². The van der Waals surface area contributed by atoms with Crippen molar-refractivity contribution in [3.63, 3.8) is 0 Å². The van der Waals surface area contributed by atoms with Crippen LogP contribution in [0.5, 0.6) is 0 Å². The Morgan fingerprint density at radius 1 is 1.40 bits per heavy atom. The number of aromatic nitrogens is 4. The fraction of sp³-hybridized carbons (Fsp3) is 0.417. The summed E-state index contributed by atoms with van der Waals surface area (Å²) in [5.41, 5.74) is 0.856. The molecule has 1 aliphatic rings. The highest BCUT2D eigenvalue weighted by Gasteiger charge is 2.23. The normalized spacial score (nSPS) is 16.1. The van der Waals surface area contributed by atoms with Crippen LogP contribution in [0.25, 0.3) is 5.78 Å². The van der Waals surface area contributed by atoms with Crippen molar-refractivity contribution >= 4 is 17.6 Å². The largest absolute Gasteiger partial charge is 0.354 e. The van der Waals surface area contributed by atoms with Crippen LogP contribution < -0.4 is 5.32 Å². The molecule has 0 radical (unpaired) electrons. The molecule has 0 spiro atoms. The molecule has 0 unspecified atom stereocenters. The maximum atomic E-state index is 12.4. The lowest BCUT2D eigenvalue weighted by Gasteiger charge is -2.17. The lowest BCUT2D eigenvalue weighted by Crippen LogP contribution is -2.34. The molecule has 0 saturated carbocycles. The van der Waals surface area contributed by atoms with Gasteiger partial charge in [0.05, 0.1) is 0 Å². The lowest BCUT2D eigenvalue weighted by atomic mass is 10.3. The Hall–Kier alpha value is -2.51. The molecule has 0 bridgehead atoms. The number of amides is 2. The first-order chi connectivity index (χ1) is 9.65. The van der Waals surface area contributed by atoms with Crippen molar-refractivity contribution in [3.8, 4) is 0 Å². The number of fused-ring (bicyclic) bond motifs is 1. The summed E-state index contributed by atoms with van der Waals surface area (Å²) in [5.74, 6) is 0.200. The summed E-state index contributed by atoms with van der Waals surface area (Å²) >= 11 is 0. The molecule has 1 aliphatic heterocycles. The topological polar surface area (TPSA) is 92.5 Å². The van der Waals surface area contributed by atoms with Gasteiger partial charge in [0.15, 0.2) is 0 Å². The Morgan fingerprint density at radius 2 is 2.25 bits per heavy atom. The quantitative estimate of drug-likeness (QED) is 0.749. The monoisotopic (exact) mass is 274 g/mol. The van der Waals surface area contributed by atoms with Gasteiger partial charge in [0.25, 0.3) is 11.7 Å². The summed E-state index contributed by atoms with van der Waals surface area (Å²) in [5, 5.41) is 6.91. The molecule has 0 aliphatic carbocycles. The second-order valence-electron chi connectivity index (χ2n) is 4.63. The number of nitrogens with one attached hydrogen (secondary N) is 1. The molecular formula is C12H14N6O2. The highest BCUT2D eigenvalue weighted by Crippen LogP contribution is 2.06. The van der Waals surface area contributed by atoms with Crippen LogP contribution in [0, 0.1) is 6.92 Å². The van der Waals surface area contributed by atoms with Crippen LogP contribution in [0.4, 0.5) is 0 Å². The highest BCUT2D eigenvalue weighted by atomic mass is 16.2. The zero-order valence-corrected chi connectivity index (χ0v) is 11.0. The van der Waals surface area contributed by atoms with E-state index in [2.05, 4.69) is 20.4 Å². The van der Waals surface area contributed by atoms with Crippen molar-refractivity contribution in [2.45, 2.75) is 13.3 Å². The second-order valence-corrected chi connectivity index (χ2v) is 4.63. The fourth-order valence-corrected chi connectivity index (χ4v) is 2.11. The Kier molecular flexibility index (Phi) is 3.05. The van der Waals surface area contributed by atoms with Crippen LogP contribution in [0.15, 0.2) is 12.3 Å². The molecule has 3 heterocycles. The minimum atomic E-state index is -0.272. The third-order valence-electron chi connectivity index (χ3n) is 3.22. The van der Waals surface area contributed by atoms with Gasteiger partial charge in [-0.2, -0.15) is 4.98 Å². The van der Waals surface area contributed by atoms with E-state index in [0.717, 1.165) is 5.69 Å². The average Bonchev–Trinajstić information content (AvgIpc) is 2.76. The van der Waals surface area contributed by atoms with E-state index in [1.165, 1.54) is 4.52 Å². The van der Waals surface area contributed by atoms with Gasteiger partial charge in [-0.1, -0.05) is 0 Å². The van der Waals surface area contributed by atoms with E-state index >= 15 is 0 Å². The Bertz CT molecular complexity index is 680. The maximum absolute atomic E-state index is 12.4. The predicted octanol–water partition coefficient (Wildman–Crippen LogP) is -0.605. The minimum Gasteiger partial charge on any atom is -0.354 e. The van der Waals surface area contributed by atoms with Crippen LogP contribution in [-0.4, -0.2) is 55.9 Å². The molecule has 20 heavy (non-hydrogen) atoms. The average molecular weight is 274 g/mol. The number of hydrogen-bond acceptors (Lipinski definition) is 5. The van der Waals surface area contributed by atoms with Crippen LogP contribution >= 0.6 is 0 Å². The number of rotatable bonds is 1. The molecule has 1 N–H and O–H groups in total. The number of hydrogen-bond donors (Lipinski definition) is 1. The van der Waals surface area contributed by atoms with E-state index in [9.17, 15) is 9.59 Å². The van der Waals surface area contributed by atoms with Crippen molar-refractivity contribution < 1.29 is 9.59 Å². The molecule has 2 aromatic rings. The van der Waals surface area contributed by atoms with E-state index in [0.29, 0.717) is 31.8 Å². The molecule has 0 atom stereocenters. The molecular weight excluding hydrogens is 260 g/mol. The van der Waals surface area contributed by atoms with Crippen molar-refractivity contribution in [3.05, 3.63) is 23.8 Å². The first kappa shape index (κ1) is 12.5. The van der Waals surface area contributed by atoms with Gasteiger partial charge in [0.2, 0.25) is 11.7 Å². The Labute approximate surface area is 114 Å². The Balaban J connectivity index is 1.88. The summed E-state index contributed by atoms with van der Waals surface area (Å²) in [7, 11) is 0. The summed E-state index contributed by atoms with van der Waals surface area (Å²) in [4.78, 5) is 33.4. The van der Waals surface area contributed by atoms with Gasteiger partial charge in [0, 0.05) is 37.9 Å². The molecule has 2 amide bonds. The third kappa shape index (κ3) is 2.20.